The quantitative estimate of drug-likeness (QED) is 0.655. The first-order chi connectivity index (χ1) is 13.9. The predicted molar refractivity (Wildman–Crippen MR) is 111 cm³/mol. The molecule has 0 bridgehead atoms. The summed E-state index contributed by atoms with van der Waals surface area (Å²) in [7, 11) is 0. The molecule has 0 radical (unpaired) electrons. The molecule has 1 heterocycles. The van der Waals surface area contributed by atoms with E-state index in [1.165, 1.54) is 0 Å². The summed E-state index contributed by atoms with van der Waals surface area (Å²) < 4.78 is 5.78. The summed E-state index contributed by atoms with van der Waals surface area (Å²) in [5, 5.41) is 11.1. The van der Waals surface area contributed by atoms with E-state index in [-0.39, 0.29) is 54.0 Å². The Kier molecular flexibility index (Phi) is 6.17. The maximum absolute atomic E-state index is 13.4. The van der Waals surface area contributed by atoms with Crippen LogP contribution < -0.4 is 5.73 Å². The van der Waals surface area contributed by atoms with Gasteiger partial charge in [-0.2, -0.15) is 0 Å². The molecule has 29 heavy (non-hydrogen) atoms. The molecular weight excluding hydrogens is 366 g/mol. The van der Waals surface area contributed by atoms with Gasteiger partial charge in [-0.1, -0.05) is 32.8 Å². The van der Waals surface area contributed by atoms with Crippen LogP contribution in [-0.2, 0) is 14.3 Å². The monoisotopic (exact) mass is 403 g/mol. The van der Waals surface area contributed by atoms with Gasteiger partial charge in [-0.15, -0.1) is 0 Å². The number of carbonyl (C=O) groups is 2. The zero-order valence-electron chi connectivity index (χ0n) is 17.9. The van der Waals surface area contributed by atoms with Gasteiger partial charge in [-0.05, 0) is 61.9 Å². The van der Waals surface area contributed by atoms with E-state index in [0.717, 1.165) is 56.9 Å². The molecule has 3 aliphatic carbocycles. The third-order valence-electron chi connectivity index (χ3n) is 8.37. The van der Waals surface area contributed by atoms with Crippen LogP contribution in [0, 0.1) is 35.5 Å². The van der Waals surface area contributed by atoms with Gasteiger partial charge in [0, 0.05) is 23.8 Å². The topological polar surface area (TPSA) is 89.6 Å². The summed E-state index contributed by atoms with van der Waals surface area (Å²) in [4.78, 5) is 26.2. The van der Waals surface area contributed by atoms with Crippen molar-refractivity contribution >= 4 is 11.8 Å². The lowest BCUT2D eigenvalue weighted by Gasteiger charge is -2.45. The molecule has 5 heteroatoms. The fraction of sp³-hybridized carbons (Fsp3) is 0.833. The van der Waals surface area contributed by atoms with Gasteiger partial charge in [0.2, 0.25) is 0 Å². The maximum Gasteiger partial charge on any atom is 0.306 e. The summed E-state index contributed by atoms with van der Waals surface area (Å²) in [6, 6.07) is -0.259. The Bertz CT molecular complexity index is 674. The van der Waals surface area contributed by atoms with Crippen molar-refractivity contribution in [3.05, 3.63) is 11.6 Å². The fourth-order valence-corrected chi connectivity index (χ4v) is 6.78. The zero-order valence-corrected chi connectivity index (χ0v) is 17.9. The minimum Gasteiger partial charge on any atom is -0.462 e. The number of Topliss-reactive ketones (excluding diaryl/α,β-unsaturated/α-hetero) is 1. The van der Waals surface area contributed by atoms with Gasteiger partial charge in [0.15, 0.2) is 5.78 Å². The molecule has 0 amide bonds. The Balaban J connectivity index is 1.67. The molecule has 0 spiro atoms. The standard InChI is InChI=1S/C24H37NO4/c1-3-14-8-5-4-7-13(2)23(27)19-11-17-15-9-6-10-16(15)22(25)24(28)21(17)18(19)12-20(26)29-14/h11,13-18,21-22,24,28H,3-10,12,25H2,1-2H3/t13-,14+,15-,16?,17?,18-,21-,22?,24?/m1/s1. The number of allylic oxidation sites excluding steroid dienone is 2. The highest BCUT2D eigenvalue weighted by Gasteiger charge is 2.56. The van der Waals surface area contributed by atoms with Gasteiger partial charge in [0.1, 0.15) is 6.10 Å². The third kappa shape index (κ3) is 3.81. The van der Waals surface area contributed by atoms with Crippen molar-refractivity contribution in [2.75, 3.05) is 0 Å². The Labute approximate surface area is 174 Å². The predicted octanol–water partition coefficient (Wildman–Crippen LogP) is 3.38. The van der Waals surface area contributed by atoms with Gasteiger partial charge in [0.25, 0.3) is 0 Å². The SMILES string of the molecule is CC[C@H]1CCCC[C@@H](C)C(=O)C2=CC3[C@@H]4CCCC4C(N)C(O)[C@H]3[C@@H]2CC(=O)O1. The molecule has 0 aromatic heterocycles. The van der Waals surface area contributed by atoms with E-state index >= 15 is 0 Å². The third-order valence-corrected chi connectivity index (χ3v) is 8.37. The van der Waals surface area contributed by atoms with Crippen molar-refractivity contribution in [1.82, 2.24) is 0 Å². The van der Waals surface area contributed by atoms with E-state index in [0.29, 0.717) is 11.8 Å². The van der Waals surface area contributed by atoms with E-state index in [1.54, 1.807) is 0 Å². The summed E-state index contributed by atoms with van der Waals surface area (Å²) in [5.74, 6) is 0.417. The van der Waals surface area contributed by atoms with Gasteiger partial charge in [0.05, 0.1) is 12.5 Å². The smallest absolute Gasteiger partial charge is 0.306 e. The van der Waals surface area contributed by atoms with Crippen molar-refractivity contribution < 1.29 is 19.4 Å². The molecule has 162 valence electrons. The van der Waals surface area contributed by atoms with Crippen molar-refractivity contribution in [2.24, 2.45) is 41.2 Å². The van der Waals surface area contributed by atoms with Crippen molar-refractivity contribution in [3.63, 3.8) is 0 Å². The van der Waals surface area contributed by atoms with Crippen LogP contribution in [0.4, 0.5) is 0 Å². The molecule has 2 saturated carbocycles. The van der Waals surface area contributed by atoms with Crippen LogP contribution in [0.3, 0.4) is 0 Å². The molecule has 0 aromatic carbocycles. The van der Waals surface area contributed by atoms with Crippen molar-refractivity contribution in [2.45, 2.75) is 89.9 Å². The van der Waals surface area contributed by atoms with E-state index in [2.05, 4.69) is 13.0 Å². The van der Waals surface area contributed by atoms with Crippen LogP contribution in [0.5, 0.6) is 0 Å². The number of ketones is 1. The second-order valence-electron chi connectivity index (χ2n) is 9.98. The number of ether oxygens (including phenoxy) is 1. The molecule has 3 N–H and O–H groups in total. The van der Waals surface area contributed by atoms with E-state index in [1.807, 2.05) is 6.92 Å². The van der Waals surface area contributed by atoms with E-state index < -0.39 is 6.10 Å². The molecule has 4 unspecified atom stereocenters. The van der Waals surface area contributed by atoms with Crippen LogP contribution in [0.2, 0.25) is 0 Å². The molecule has 4 aliphatic rings. The number of aliphatic hydroxyl groups excluding tert-OH is 1. The van der Waals surface area contributed by atoms with Crippen LogP contribution in [0.25, 0.3) is 0 Å². The van der Waals surface area contributed by atoms with Crippen LogP contribution in [-0.4, -0.2) is 35.1 Å². The normalized spacial score (nSPS) is 45.9. The number of cyclic esters (lactones) is 1. The average Bonchev–Trinajstić information content (AvgIpc) is 3.32. The summed E-state index contributed by atoms with van der Waals surface area (Å²) in [5.41, 5.74) is 7.25. The Morgan fingerprint density at radius 1 is 1.10 bits per heavy atom. The van der Waals surface area contributed by atoms with Crippen LogP contribution in [0.15, 0.2) is 11.6 Å². The average molecular weight is 404 g/mol. The Morgan fingerprint density at radius 3 is 2.59 bits per heavy atom. The molecule has 4 rings (SSSR count). The van der Waals surface area contributed by atoms with Gasteiger partial charge in [-0.25, -0.2) is 0 Å². The minimum atomic E-state index is -0.663. The number of hydrogen-bond donors (Lipinski definition) is 2. The second kappa shape index (κ2) is 8.50. The molecule has 9 atom stereocenters. The lowest BCUT2D eigenvalue weighted by atomic mass is 9.63. The number of aliphatic hydroxyl groups is 1. The van der Waals surface area contributed by atoms with Crippen LogP contribution >= 0.6 is 0 Å². The molecular formula is C24H37NO4. The number of nitrogens with two attached hydrogens (primary N) is 1. The molecule has 5 nitrogen and oxygen atoms in total. The number of carbonyl (C=O) groups excluding carboxylic acids is 2. The van der Waals surface area contributed by atoms with Gasteiger partial charge < -0.3 is 15.6 Å². The Morgan fingerprint density at radius 2 is 1.83 bits per heavy atom. The zero-order chi connectivity index (χ0) is 20.7. The number of fused-ring (bicyclic) bond motifs is 5. The van der Waals surface area contributed by atoms with Crippen molar-refractivity contribution in [3.8, 4) is 0 Å². The first kappa shape index (κ1) is 21.0. The molecule has 1 saturated heterocycles. The highest BCUT2D eigenvalue weighted by Crippen LogP contribution is 2.55. The molecule has 1 aliphatic heterocycles. The first-order valence-electron chi connectivity index (χ1n) is 11.8. The lowest BCUT2D eigenvalue weighted by Crippen LogP contribution is -2.55. The highest BCUT2D eigenvalue weighted by atomic mass is 16.5. The molecule has 0 aromatic rings. The summed E-state index contributed by atoms with van der Waals surface area (Å²) in [6.07, 6.45) is 9.42. The maximum atomic E-state index is 13.4. The van der Waals surface area contributed by atoms with E-state index in [4.69, 9.17) is 10.5 Å². The van der Waals surface area contributed by atoms with Crippen LogP contribution in [0.1, 0.15) is 71.6 Å². The highest BCUT2D eigenvalue weighted by molar-refractivity contribution is 5.98. The largest absolute Gasteiger partial charge is 0.462 e. The number of esters is 1. The lowest BCUT2D eigenvalue weighted by molar-refractivity contribution is -0.152. The second-order valence-corrected chi connectivity index (χ2v) is 9.98. The fourth-order valence-electron chi connectivity index (χ4n) is 6.78. The molecule has 3 fully saturated rings. The minimum absolute atomic E-state index is 0.0374. The van der Waals surface area contributed by atoms with E-state index in [9.17, 15) is 14.7 Å². The van der Waals surface area contributed by atoms with Gasteiger partial charge >= 0.3 is 5.97 Å². The summed E-state index contributed by atoms with van der Waals surface area (Å²) in [6.45, 7) is 4.07. The number of rotatable bonds is 1. The van der Waals surface area contributed by atoms with Gasteiger partial charge in [-0.3, -0.25) is 9.59 Å². The Hall–Kier alpha value is -1.20. The first-order valence-corrected chi connectivity index (χ1v) is 11.8. The van der Waals surface area contributed by atoms with Crippen molar-refractivity contribution in [1.29, 1.82) is 0 Å². The summed E-state index contributed by atoms with van der Waals surface area (Å²) >= 11 is 0. The number of hydrogen-bond acceptors (Lipinski definition) is 5.